The van der Waals surface area contributed by atoms with E-state index in [2.05, 4.69) is 46.2 Å². The third-order valence-electron chi connectivity index (χ3n) is 7.18. The largest absolute Gasteiger partial charge is 0.487 e. The Morgan fingerprint density at radius 2 is 2.08 bits per heavy atom. The number of aromatic nitrogens is 4. The molecule has 9 heteroatoms. The van der Waals surface area contributed by atoms with Gasteiger partial charge in [-0.05, 0) is 62.9 Å². The van der Waals surface area contributed by atoms with E-state index < -0.39 is 11.5 Å². The molecule has 0 bridgehead atoms. The summed E-state index contributed by atoms with van der Waals surface area (Å²) in [6, 6.07) is 10.2. The van der Waals surface area contributed by atoms with Crippen LogP contribution in [0.3, 0.4) is 0 Å². The minimum Gasteiger partial charge on any atom is -0.487 e. The van der Waals surface area contributed by atoms with Gasteiger partial charge in [-0.1, -0.05) is 30.3 Å². The van der Waals surface area contributed by atoms with Gasteiger partial charge < -0.3 is 14.2 Å². The molecule has 2 aromatic heterocycles. The average Bonchev–Trinajstić information content (AvgIpc) is 3.30. The number of aryl methyl sites for hydroxylation is 2. The molecular formula is C29H39N5O4. The van der Waals surface area contributed by atoms with Crippen molar-refractivity contribution in [1.29, 1.82) is 0 Å². The van der Waals surface area contributed by atoms with Crippen LogP contribution < -0.4 is 4.74 Å². The van der Waals surface area contributed by atoms with Gasteiger partial charge in [-0.2, -0.15) is 0 Å². The first-order chi connectivity index (χ1) is 18.2. The Balaban J connectivity index is 1.62. The van der Waals surface area contributed by atoms with Crippen LogP contribution in [0.15, 0.2) is 42.7 Å². The lowest BCUT2D eigenvalue weighted by Gasteiger charge is -2.32. The van der Waals surface area contributed by atoms with Crippen LogP contribution in [0.25, 0.3) is 0 Å². The van der Waals surface area contributed by atoms with Crippen molar-refractivity contribution in [2.45, 2.75) is 79.5 Å². The zero-order valence-electron chi connectivity index (χ0n) is 23.3. The Bertz CT molecular complexity index is 1240. The number of esters is 1. The molecular weight excluding hydrogens is 482 g/mol. The summed E-state index contributed by atoms with van der Waals surface area (Å²) in [7, 11) is 1.41. The summed E-state index contributed by atoms with van der Waals surface area (Å²) in [5.41, 5.74) is 4.00. The number of hydrogen-bond donors (Lipinski definition) is 0. The Morgan fingerprint density at radius 3 is 2.79 bits per heavy atom. The fourth-order valence-corrected chi connectivity index (χ4v) is 4.85. The van der Waals surface area contributed by atoms with E-state index in [1.807, 2.05) is 51.4 Å². The molecule has 0 saturated heterocycles. The third kappa shape index (κ3) is 6.22. The second-order valence-electron chi connectivity index (χ2n) is 10.4. The maximum atomic E-state index is 12.8. The topological polar surface area (TPSA) is 91.6 Å². The molecule has 0 saturated carbocycles. The average molecular weight is 522 g/mol. The standard InChI is InChI=1S/C29H39N5O4/c1-7-24-17-33(18-25-26(38-24)10-9-13-30-25)15-22-14-21(12-11-20(22)3)27(29(4,5)28(35)36-6)37-19-23-16-34(8-2)32-31-23/h9-14,16,24,27H,7-8,15,17-19H2,1-6H3/t24-,27+/m1/s1. The summed E-state index contributed by atoms with van der Waals surface area (Å²) in [5.74, 6) is 0.528. The summed E-state index contributed by atoms with van der Waals surface area (Å²) >= 11 is 0. The molecule has 0 radical (unpaired) electrons. The molecule has 4 rings (SSSR count). The fourth-order valence-electron chi connectivity index (χ4n) is 4.85. The number of hydrogen-bond acceptors (Lipinski definition) is 8. The predicted octanol–water partition coefficient (Wildman–Crippen LogP) is 4.63. The molecule has 204 valence electrons. The van der Waals surface area contributed by atoms with Crippen molar-refractivity contribution in [2.24, 2.45) is 5.41 Å². The smallest absolute Gasteiger partial charge is 0.314 e. The number of carbonyl (C=O) groups excluding carboxylic acids is 1. The van der Waals surface area contributed by atoms with Gasteiger partial charge in [0.2, 0.25) is 0 Å². The highest BCUT2D eigenvalue weighted by Gasteiger charge is 2.40. The normalized spacial score (nSPS) is 16.8. The summed E-state index contributed by atoms with van der Waals surface area (Å²) < 4.78 is 19.5. The lowest BCUT2D eigenvalue weighted by molar-refractivity contribution is -0.162. The van der Waals surface area contributed by atoms with Crippen molar-refractivity contribution < 1.29 is 19.0 Å². The highest BCUT2D eigenvalue weighted by atomic mass is 16.5. The highest BCUT2D eigenvalue weighted by Crippen LogP contribution is 2.39. The van der Waals surface area contributed by atoms with Crippen molar-refractivity contribution in [3.05, 3.63) is 70.8 Å². The number of methoxy groups -OCH3 is 1. The van der Waals surface area contributed by atoms with E-state index in [-0.39, 0.29) is 18.7 Å². The first-order valence-corrected chi connectivity index (χ1v) is 13.3. The van der Waals surface area contributed by atoms with Gasteiger partial charge in [0.25, 0.3) is 0 Å². The van der Waals surface area contributed by atoms with Gasteiger partial charge in [-0.3, -0.25) is 19.4 Å². The second-order valence-corrected chi connectivity index (χ2v) is 10.4. The van der Waals surface area contributed by atoms with Gasteiger partial charge in [-0.15, -0.1) is 5.10 Å². The highest BCUT2D eigenvalue weighted by molar-refractivity contribution is 5.77. The minimum absolute atomic E-state index is 0.0924. The fraction of sp³-hybridized carbons (Fsp3) is 0.517. The van der Waals surface area contributed by atoms with Gasteiger partial charge in [0, 0.05) is 32.4 Å². The molecule has 0 aliphatic carbocycles. The van der Waals surface area contributed by atoms with Crippen molar-refractivity contribution in [3.63, 3.8) is 0 Å². The van der Waals surface area contributed by atoms with E-state index in [1.165, 1.54) is 18.2 Å². The Kier molecular flexibility index (Phi) is 8.79. The number of ether oxygens (including phenoxy) is 3. The molecule has 9 nitrogen and oxygen atoms in total. The van der Waals surface area contributed by atoms with Crippen LogP contribution in [-0.4, -0.2) is 50.6 Å². The second kappa shape index (κ2) is 12.0. The van der Waals surface area contributed by atoms with Crippen LogP contribution in [0.5, 0.6) is 5.75 Å². The molecule has 0 fully saturated rings. The predicted molar refractivity (Wildman–Crippen MR) is 143 cm³/mol. The lowest BCUT2D eigenvalue weighted by atomic mass is 9.81. The van der Waals surface area contributed by atoms with Crippen LogP contribution in [0.2, 0.25) is 0 Å². The number of pyridine rings is 1. The van der Waals surface area contributed by atoms with Gasteiger partial charge in [-0.25, -0.2) is 0 Å². The van der Waals surface area contributed by atoms with E-state index in [0.717, 1.165) is 43.1 Å². The first-order valence-electron chi connectivity index (χ1n) is 13.3. The van der Waals surface area contributed by atoms with E-state index in [4.69, 9.17) is 14.2 Å². The number of fused-ring (bicyclic) bond motifs is 1. The summed E-state index contributed by atoms with van der Waals surface area (Å²) in [5, 5.41) is 8.30. The van der Waals surface area contributed by atoms with E-state index in [1.54, 1.807) is 4.68 Å². The van der Waals surface area contributed by atoms with Crippen molar-refractivity contribution >= 4 is 5.97 Å². The van der Waals surface area contributed by atoms with Crippen molar-refractivity contribution in [3.8, 4) is 5.75 Å². The Morgan fingerprint density at radius 1 is 1.26 bits per heavy atom. The van der Waals surface area contributed by atoms with Gasteiger partial charge in [0.1, 0.15) is 17.5 Å². The number of benzene rings is 1. The lowest BCUT2D eigenvalue weighted by Crippen LogP contribution is -2.34. The van der Waals surface area contributed by atoms with Gasteiger partial charge in [0.15, 0.2) is 0 Å². The van der Waals surface area contributed by atoms with Crippen LogP contribution >= 0.6 is 0 Å². The molecule has 0 spiro atoms. The van der Waals surface area contributed by atoms with Gasteiger partial charge >= 0.3 is 5.97 Å². The minimum atomic E-state index is -0.922. The van der Waals surface area contributed by atoms with E-state index in [0.29, 0.717) is 12.2 Å². The van der Waals surface area contributed by atoms with Gasteiger partial charge in [0.05, 0.1) is 37.1 Å². The van der Waals surface area contributed by atoms with Crippen LogP contribution in [0.1, 0.15) is 68.3 Å². The maximum Gasteiger partial charge on any atom is 0.314 e. The number of carbonyl (C=O) groups is 1. The molecule has 1 aromatic carbocycles. The monoisotopic (exact) mass is 521 g/mol. The van der Waals surface area contributed by atoms with E-state index in [9.17, 15) is 4.79 Å². The SMILES string of the molecule is CC[C@@H]1CN(Cc2cc([C@H](OCc3cn(CC)nn3)C(C)(C)C(=O)OC)ccc2C)Cc2ncccc2O1. The zero-order valence-corrected chi connectivity index (χ0v) is 23.3. The maximum absolute atomic E-state index is 12.8. The summed E-state index contributed by atoms with van der Waals surface area (Å²) in [6.07, 6.45) is 4.14. The first kappa shape index (κ1) is 27.7. The number of rotatable bonds is 10. The summed E-state index contributed by atoms with van der Waals surface area (Å²) in [6.45, 7) is 13.2. The zero-order chi connectivity index (χ0) is 27.3. The molecule has 1 aliphatic heterocycles. The van der Waals surface area contributed by atoms with Crippen molar-refractivity contribution in [1.82, 2.24) is 24.9 Å². The van der Waals surface area contributed by atoms with Crippen molar-refractivity contribution in [2.75, 3.05) is 13.7 Å². The molecule has 0 unspecified atom stereocenters. The molecule has 3 heterocycles. The Hall–Kier alpha value is -3.30. The molecule has 1 aliphatic rings. The molecule has 0 N–H and O–H groups in total. The summed E-state index contributed by atoms with van der Waals surface area (Å²) in [4.78, 5) is 19.8. The third-order valence-corrected chi connectivity index (χ3v) is 7.18. The quantitative estimate of drug-likeness (QED) is 0.357. The van der Waals surface area contributed by atoms with Crippen LogP contribution in [0.4, 0.5) is 0 Å². The Labute approximate surface area is 225 Å². The molecule has 2 atom stereocenters. The molecule has 3 aromatic rings. The number of nitrogens with zero attached hydrogens (tertiary/aromatic N) is 5. The van der Waals surface area contributed by atoms with Crippen LogP contribution in [-0.2, 0) is 40.5 Å². The van der Waals surface area contributed by atoms with E-state index >= 15 is 0 Å². The molecule has 38 heavy (non-hydrogen) atoms. The molecule has 0 amide bonds. The van der Waals surface area contributed by atoms with Crippen LogP contribution in [0, 0.1) is 12.3 Å².